The predicted molar refractivity (Wildman–Crippen MR) is 123 cm³/mol. The number of esters is 1. The summed E-state index contributed by atoms with van der Waals surface area (Å²) in [5, 5.41) is 0. The zero-order valence-corrected chi connectivity index (χ0v) is 19.1. The summed E-state index contributed by atoms with van der Waals surface area (Å²) in [6.07, 6.45) is 0.613. The van der Waals surface area contributed by atoms with Crippen molar-refractivity contribution in [3.05, 3.63) is 89.0 Å². The maximum Gasteiger partial charge on any atom is 0.342 e. The van der Waals surface area contributed by atoms with Crippen LogP contribution < -0.4 is 9.04 Å². The molecule has 3 aromatic rings. The molecule has 0 radical (unpaired) electrons. The zero-order valence-electron chi connectivity index (χ0n) is 18.3. The summed E-state index contributed by atoms with van der Waals surface area (Å²) >= 11 is 0. The van der Waals surface area contributed by atoms with Crippen molar-refractivity contribution in [3.8, 4) is 5.75 Å². The van der Waals surface area contributed by atoms with Crippen molar-refractivity contribution in [2.45, 2.75) is 18.2 Å². The summed E-state index contributed by atoms with van der Waals surface area (Å²) in [7, 11) is -2.54. The number of nitrogens with zero attached hydrogens (tertiary/aromatic N) is 1. The highest BCUT2D eigenvalue weighted by molar-refractivity contribution is 7.92. The van der Waals surface area contributed by atoms with Gasteiger partial charge in [-0.15, -0.1) is 0 Å². The molecule has 0 aromatic heterocycles. The lowest BCUT2D eigenvalue weighted by atomic mass is 10.1. The first-order valence-corrected chi connectivity index (χ1v) is 11.8. The number of carbonyl (C=O) groups is 2. The Labute approximate surface area is 192 Å². The number of ketones is 1. The Balaban J connectivity index is 1.57. The van der Waals surface area contributed by atoms with E-state index >= 15 is 0 Å². The van der Waals surface area contributed by atoms with Crippen LogP contribution in [0.15, 0.2) is 71.6 Å². The third kappa shape index (κ3) is 4.47. The van der Waals surface area contributed by atoms with Gasteiger partial charge in [0, 0.05) is 12.1 Å². The largest absolute Gasteiger partial charge is 0.496 e. The van der Waals surface area contributed by atoms with E-state index in [-0.39, 0.29) is 22.0 Å². The molecule has 0 aliphatic carbocycles. The molecule has 8 heteroatoms. The molecule has 0 saturated heterocycles. The molecule has 1 heterocycles. The Morgan fingerprint density at radius 3 is 2.45 bits per heavy atom. The van der Waals surface area contributed by atoms with E-state index < -0.39 is 22.6 Å². The Bertz CT molecular complexity index is 1310. The van der Waals surface area contributed by atoms with Gasteiger partial charge in [-0.05, 0) is 43.2 Å². The van der Waals surface area contributed by atoms with Crippen LogP contribution in [0.25, 0.3) is 0 Å². The molecule has 0 amide bonds. The average molecular weight is 466 g/mol. The second kappa shape index (κ2) is 9.07. The fraction of sp³-hybridized carbons (Fsp3) is 0.200. The maximum absolute atomic E-state index is 13.3. The number of anilines is 1. The minimum atomic E-state index is -3.91. The number of rotatable bonds is 7. The van der Waals surface area contributed by atoms with Crippen molar-refractivity contribution in [2.75, 3.05) is 24.6 Å². The van der Waals surface area contributed by atoms with E-state index in [1.54, 1.807) is 36.4 Å². The molecule has 0 atom stereocenters. The number of carbonyl (C=O) groups excluding carboxylic acids is 2. The van der Waals surface area contributed by atoms with E-state index in [0.717, 1.165) is 11.1 Å². The van der Waals surface area contributed by atoms with Crippen LogP contribution in [-0.4, -0.2) is 40.4 Å². The van der Waals surface area contributed by atoms with Gasteiger partial charge in [-0.2, -0.15) is 0 Å². The van der Waals surface area contributed by atoms with Gasteiger partial charge in [0.25, 0.3) is 10.0 Å². The highest BCUT2D eigenvalue weighted by Crippen LogP contribution is 2.34. The number of Topliss-reactive ketones (excluding diaryl/α,β-unsaturated/α-hetero) is 1. The maximum atomic E-state index is 13.3. The Kier molecular flexibility index (Phi) is 6.20. The molecule has 0 fully saturated rings. The molecule has 3 aromatic carbocycles. The predicted octanol–water partition coefficient (Wildman–Crippen LogP) is 3.79. The summed E-state index contributed by atoms with van der Waals surface area (Å²) in [5.41, 5.74) is 2.93. The standard InChI is InChI=1S/C25H23NO6S/c1-17-7-9-19(10-8-17)23(27)16-32-25(28)21-15-20(11-12-24(21)31-2)33(29,30)26-14-13-18-5-3-4-6-22(18)26/h3-12,15H,13-14,16H2,1-2H3. The fourth-order valence-electron chi connectivity index (χ4n) is 3.72. The molecule has 7 nitrogen and oxygen atoms in total. The summed E-state index contributed by atoms with van der Waals surface area (Å²) in [6.45, 7) is 1.75. The molecule has 0 saturated carbocycles. The lowest BCUT2D eigenvalue weighted by molar-refractivity contribution is 0.0471. The quantitative estimate of drug-likeness (QED) is 0.390. The van der Waals surface area contributed by atoms with Crippen LogP contribution in [0.4, 0.5) is 5.69 Å². The lowest BCUT2D eigenvalue weighted by Gasteiger charge is -2.20. The van der Waals surface area contributed by atoms with E-state index in [4.69, 9.17) is 9.47 Å². The van der Waals surface area contributed by atoms with Crippen LogP contribution in [0.2, 0.25) is 0 Å². The van der Waals surface area contributed by atoms with Crippen molar-refractivity contribution in [3.63, 3.8) is 0 Å². The summed E-state index contributed by atoms with van der Waals surface area (Å²) < 4.78 is 38.4. The van der Waals surface area contributed by atoms with Crippen molar-refractivity contribution < 1.29 is 27.5 Å². The van der Waals surface area contributed by atoms with Gasteiger partial charge in [0.2, 0.25) is 0 Å². The van der Waals surface area contributed by atoms with Crippen LogP contribution in [0, 0.1) is 6.92 Å². The van der Waals surface area contributed by atoms with Gasteiger partial charge in [-0.1, -0.05) is 48.0 Å². The number of hydrogen-bond acceptors (Lipinski definition) is 6. The Morgan fingerprint density at radius 2 is 1.73 bits per heavy atom. The zero-order chi connectivity index (χ0) is 23.6. The van der Waals surface area contributed by atoms with E-state index in [1.807, 2.05) is 19.1 Å². The van der Waals surface area contributed by atoms with Gasteiger partial charge in [-0.3, -0.25) is 9.10 Å². The molecule has 1 aliphatic heterocycles. The molecule has 33 heavy (non-hydrogen) atoms. The number of ether oxygens (including phenoxy) is 2. The van der Waals surface area contributed by atoms with Crippen LogP contribution in [0.5, 0.6) is 5.75 Å². The number of fused-ring (bicyclic) bond motifs is 1. The molecule has 170 valence electrons. The third-order valence-corrected chi connectivity index (χ3v) is 7.34. The number of hydrogen-bond donors (Lipinski definition) is 0. The van der Waals surface area contributed by atoms with Crippen LogP contribution >= 0.6 is 0 Å². The fourth-order valence-corrected chi connectivity index (χ4v) is 5.25. The highest BCUT2D eigenvalue weighted by Gasteiger charge is 2.32. The first-order valence-electron chi connectivity index (χ1n) is 10.4. The lowest BCUT2D eigenvalue weighted by Crippen LogP contribution is -2.29. The van der Waals surface area contributed by atoms with Crippen LogP contribution in [-0.2, 0) is 21.2 Å². The molecular weight excluding hydrogens is 442 g/mol. The van der Waals surface area contributed by atoms with Crippen LogP contribution in [0.3, 0.4) is 0 Å². The SMILES string of the molecule is COc1ccc(S(=O)(=O)N2CCc3ccccc32)cc1C(=O)OCC(=O)c1ccc(C)cc1. The summed E-state index contributed by atoms with van der Waals surface area (Å²) in [5.74, 6) is -1.05. The second-order valence-electron chi connectivity index (χ2n) is 7.68. The highest BCUT2D eigenvalue weighted by atomic mass is 32.2. The number of methoxy groups -OCH3 is 1. The molecule has 0 spiro atoms. The molecule has 0 bridgehead atoms. The number of para-hydroxylation sites is 1. The molecular formula is C25H23NO6S. The van der Waals surface area contributed by atoms with Gasteiger partial charge in [0.1, 0.15) is 11.3 Å². The van der Waals surface area contributed by atoms with Gasteiger partial charge >= 0.3 is 5.97 Å². The van der Waals surface area contributed by atoms with Gasteiger partial charge in [0.15, 0.2) is 12.4 Å². The first-order chi connectivity index (χ1) is 15.8. The topological polar surface area (TPSA) is 90.0 Å². The summed E-state index contributed by atoms with van der Waals surface area (Å²) in [4.78, 5) is 25.0. The molecule has 0 unspecified atom stereocenters. The van der Waals surface area contributed by atoms with E-state index in [9.17, 15) is 18.0 Å². The number of aryl methyl sites for hydroxylation is 1. The normalized spacial score (nSPS) is 12.8. The molecule has 1 aliphatic rings. The van der Waals surface area contributed by atoms with Crippen molar-refractivity contribution in [2.24, 2.45) is 0 Å². The Morgan fingerprint density at radius 1 is 1.00 bits per heavy atom. The van der Waals surface area contributed by atoms with Gasteiger partial charge in [0.05, 0.1) is 17.7 Å². The summed E-state index contributed by atoms with van der Waals surface area (Å²) in [6, 6.07) is 18.3. The Hall–Kier alpha value is -3.65. The van der Waals surface area contributed by atoms with E-state index in [1.165, 1.54) is 29.6 Å². The minimum absolute atomic E-state index is 0.0585. The smallest absolute Gasteiger partial charge is 0.342 e. The van der Waals surface area contributed by atoms with Crippen molar-refractivity contribution >= 4 is 27.5 Å². The third-order valence-electron chi connectivity index (χ3n) is 5.53. The number of sulfonamides is 1. The van der Waals surface area contributed by atoms with Crippen molar-refractivity contribution in [1.29, 1.82) is 0 Å². The van der Waals surface area contributed by atoms with E-state index in [0.29, 0.717) is 24.2 Å². The first kappa shape index (κ1) is 22.5. The minimum Gasteiger partial charge on any atom is -0.496 e. The second-order valence-corrected chi connectivity index (χ2v) is 9.55. The molecule has 0 N–H and O–H groups in total. The van der Waals surface area contributed by atoms with Gasteiger partial charge < -0.3 is 9.47 Å². The monoisotopic (exact) mass is 465 g/mol. The van der Waals surface area contributed by atoms with Crippen molar-refractivity contribution in [1.82, 2.24) is 0 Å². The molecule has 4 rings (SSSR count). The van der Waals surface area contributed by atoms with Crippen LogP contribution in [0.1, 0.15) is 31.8 Å². The van der Waals surface area contributed by atoms with E-state index in [2.05, 4.69) is 0 Å². The van der Waals surface area contributed by atoms with Gasteiger partial charge in [-0.25, -0.2) is 13.2 Å². The average Bonchev–Trinajstić information content (AvgIpc) is 3.27. The number of benzene rings is 3.